The second-order valence-electron chi connectivity index (χ2n) is 8.84. The number of amides is 2. The first-order chi connectivity index (χ1) is 13.4. The SMILES string of the molecule is CC(C)(C)OC(=O)NC1CCC(C(=O)N2CCc3ccc(C(F)(F)F)cc3C2)C1. The quantitative estimate of drug-likeness (QED) is 0.789. The summed E-state index contributed by atoms with van der Waals surface area (Å²) in [5.41, 5.74) is 0.140. The number of hydrogen-bond donors (Lipinski definition) is 1. The van der Waals surface area contributed by atoms with Gasteiger partial charge in [0.2, 0.25) is 5.91 Å². The molecule has 0 bridgehead atoms. The van der Waals surface area contributed by atoms with E-state index in [0.29, 0.717) is 37.8 Å². The predicted molar refractivity (Wildman–Crippen MR) is 101 cm³/mol. The van der Waals surface area contributed by atoms with Crippen molar-refractivity contribution in [3.63, 3.8) is 0 Å². The molecule has 3 rings (SSSR count). The van der Waals surface area contributed by atoms with Crippen molar-refractivity contribution < 1.29 is 27.5 Å². The number of ether oxygens (including phenoxy) is 1. The first-order valence-electron chi connectivity index (χ1n) is 9.89. The second kappa shape index (κ2) is 7.88. The Balaban J connectivity index is 1.59. The maximum absolute atomic E-state index is 13.0. The third-order valence-corrected chi connectivity index (χ3v) is 5.36. The first kappa shape index (κ1) is 21.5. The van der Waals surface area contributed by atoms with E-state index in [1.54, 1.807) is 25.7 Å². The highest BCUT2D eigenvalue weighted by Gasteiger charge is 2.36. The molecule has 1 fully saturated rings. The maximum Gasteiger partial charge on any atom is 0.416 e. The number of alkyl halides is 3. The summed E-state index contributed by atoms with van der Waals surface area (Å²) in [5.74, 6) is -0.288. The van der Waals surface area contributed by atoms with Crippen molar-refractivity contribution in [2.45, 2.75) is 70.8 Å². The summed E-state index contributed by atoms with van der Waals surface area (Å²) < 4.78 is 44.2. The summed E-state index contributed by atoms with van der Waals surface area (Å²) in [6.07, 6.45) is -2.51. The second-order valence-corrected chi connectivity index (χ2v) is 8.84. The zero-order valence-corrected chi connectivity index (χ0v) is 16.9. The number of carbonyl (C=O) groups excluding carboxylic acids is 2. The number of fused-ring (bicyclic) bond motifs is 1. The smallest absolute Gasteiger partial charge is 0.416 e. The van der Waals surface area contributed by atoms with Gasteiger partial charge in [-0.2, -0.15) is 13.2 Å². The first-order valence-corrected chi connectivity index (χ1v) is 9.89. The molecule has 29 heavy (non-hydrogen) atoms. The third-order valence-electron chi connectivity index (χ3n) is 5.36. The van der Waals surface area contributed by atoms with E-state index < -0.39 is 23.4 Å². The lowest BCUT2D eigenvalue weighted by molar-refractivity contribution is -0.137. The van der Waals surface area contributed by atoms with Crippen LogP contribution in [0.4, 0.5) is 18.0 Å². The van der Waals surface area contributed by atoms with Crippen molar-refractivity contribution in [1.82, 2.24) is 10.2 Å². The largest absolute Gasteiger partial charge is 0.444 e. The molecule has 1 aromatic carbocycles. The fourth-order valence-corrected chi connectivity index (χ4v) is 3.99. The Morgan fingerprint density at radius 3 is 2.52 bits per heavy atom. The van der Waals surface area contributed by atoms with Crippen LogP contribution in [-0.4, -0.2) is 35.1 Å². The van der Waals surface area contributed by atoms with Crippen LogP contribution < -0.4 is 5.32 Å². The van der Waals surface area contributed by atoms with Crippen molar-refractivity contribution in [2.24, 2.45) is 5.92 Å². The molecule has 1 aliphatic carbocycles. The van der Waals surface area contributed by atoms with Crippen molar-refractivity contribution in [3.8, 4) is 0 Å². The van der Waals surface area contributed by atoms with Gasteiger partial charge in [0, 0.05) is 25.0 Å². The number of rotatable bonds is 2. The maximum atomic E-state index is 13.0. The van der Waals surface area contributed by atoms with Crippen LogP contribution in [0.25, 0.3) is 0 Å². The molecule has 0 radical (unpaired) electrons. The highest BCUT2D eigenvalue weighted by atomic mass is 19.4. The van der Waals surface area contributed by atoms with E-state index in [9.17, 15) is 22.8 Å². The lowest BCUT2D eigenvalue weighted by atomic mass is 9.95. The molecule has 1 saturated carbocycles. The molecule has 2 unspecified atom stereocenters. The van der Waals surface area contributed by atoms with Gasteiger partial charge in [0.1, 0.15) is 5.60 Å². The summed E-state index contributed by atoms with van der Waals surface area (Å²) in [5, 5.41) is 2.81. The van der Waals surface area contributed by atoms with Crippen LogP contribution in [-0.2, 0) is 28.7 Å². The van der Waals surface area contributed by atoms with E-state index in [1.807, 2.05) is 0 Å². The van der Waals surface area contributed by atoms with Gasteiger partial charge < -0.3 is 15.0 Å². The monoisotopic (exact) mass is 412 g/mol. The minimum Gasteiger partial charge on any atom is -0.444 e. The van der Waals surface area contributed by atoms with Crippen LogP contribution in [0.15, 0.2) is 18.2 Å². The average molecular weight is 412 g/mol. The molecule has 1 heterocycles. The minimum absolute atomic E-state index is 0.0541. The lowest BCUT2D eigenvalue weighted by Gasteiger charge is -2.31. The summed E-state index contributed by atoms with van der Waals surface area (Å²) in [4.78, 5) is 26.5. The number of benzene rings is 1. The van der Waals surface area contributed by atoms with Gasteiger partial charge in [0.15, 0.2) is 0 Å². The third kappa shape index (κ3) is 5.42. The Labute approximate surface area is 168 Å². The molecule has 5 nitrogen and oxygen atoms in total. The summed E-state index contributed by atoms with van der Waals surface area (Å²) in [6, 6.07) is 3.63. The highest BCUT2D eigenvalue weighted by molar-refractivity contribution is 5.80. The highest BCUT2D eigenvalue weighted by Crippen LogP contribution is 2.33. The number of nitrogens with zero attached hydrogens (tertiary/aromatic N) is 1. The van der Waals surface area contributed by atoms with Gasteiger partial charge in [-0.1, -0.05) is 6.07 Å². The molecule has 1 aromatic rings. The van der Waals surface area contributed by atoms with Crippen LogP contribution >= 0.6 is 0 Å². The van der Waals surface area contributed by atoms with E-state index in [2.05, 4.69) is 5.32 Å². The number of nitrogens with one attached hydrogen (secondary N) is 1. The van der Waals surface area contributed by atoms with E-state index in [0.717, 1.165) is 17.7 Å². The van der Waals surface area contributed by atoms with E-state index in [-0.39, 0.29) is 24.4 Å². The molecule has 1 N–H and O–H groups in total. The molecule has 2 aliphatic rings. The zero-order valence-electron chi connectivity index (χ0n) is 16.9. The Kier molecular flexibility index (Phi) is 5.83. The van der Waals surface area contributed by atoms with Crippen molar-refractivity contribution >= 4 is 12.0 Å². The minimum atomic E-state index is -4.40. The predicted octanol–water partition coefficient (Wildman–Crippen LogP) is 4.28. The molecule has 0 spiro atoms. The number of halogens is 3. The Bertz CT molecular complexity index is 786. The molecular formula is C21H27F3N2O3. The topological polar surface area (TPSA) is 58.6 Å². The van der Waals surface area contributed by atoms with Gasteiger partial charge in [-0.3, -0.25) is 4.79 Å². The molecular weight excluding hydrogens is 385 g/mol. The number of alkyl carbamates (subject to hydrolysis) is 1. The average Bonchev–Trinajstić information content (AvgIpc) is 3.06. The fraction of sp³-hybridized carbons (Fsp3) is 0.619. The van der Waals surface area contributed by atoms with Crippen LogP contribution in [0.5, 0.6) is 0 Å². The Morgan fingerprint density at radius 2 is 1.86 bits per heavy atom. The van der Waals surface area contributed by atoms with Crippen LogP contribution in [0.1, 0.15) is 56.7 Å². The standard InChI is InChI=1S/C21H27F3N2O3/c1-20(2,3)29-19(28)25-17-7-5-14(11-17)18(27)26-9-8-13-4-6-16(21(22,23)24)10-15(13)12-26/h4,6,10,14,17H,5,7-9,11-12H2,1-3H3,(H,25,28). The molecule has 0 saturated heterocycles. The Morgan fingerprint density at radius 1 is 1.14 bits per heavy atom. The van der Waals surface area contributed by atoms with E-state index >= 15 is 0 Å². The number of carbonyl (C=O) groups is 2. The van der Waals surface area contributed by atoms with Gasteiger partial charge in [-0.25, -0.2) is 4.79 Å². The molecule has 1 aliphatic heterocycles. The molecule has 2 atom stereocenters. The van der Waals surface area contributed by atoms with E-state index in [4.69, 9.17) is 4.74 Å². The van der Waals surface area contributed by atoms with Crippen molar-refractivity contribution in [2.75, 3.05) is 6.54 Å². The lowest BCUT2D eigenvalue weighted by Crippen LogP contribution is -2.41. The van der Waals surface area contributed by atoms with Gasteiger partial charge >= 0.3 is 12.3 Å². The molecule has 160 valence electrons. The molecule has 2 amide bonds. The normalized spacial score (nSPS) is 22.2. The van der Waals surface area contributed by atoms with Gasteiger partial charge in [-0.15, -0.1) is 0 Å². The van der Waals surface area contributed by atoms with Gasteiger partial charge in [-0.05, 0) is 69.7 Å². The Hall–Kier alpha value is -2.25. The molecule has 8 heteroatoms. The number of hydrogen-bond acceptors (Lipinski definition) is 3. The summed E-state index contributed by atoms with van der Waals surface area (Å²) >= 11 is 0. The zero-order chi connectivity index (χ0) is 21.4. The van der Waals surface area contributed by atoms with Crippen molar-refractivity contribution in [3.05, 3.63) is 34.9 Å². The van der Waals surface area contributed by atoms with Crippen LogP contribution in [0.3, 0.4) is 0 Å². The summed E-state index contributed by atoms with van der Waals surface area (Å²) in [6.45, 7) is 6.04. The fourth-order valence-electron chi connectivity index (χ4n) is 3.99. The van der Waals surface area contributed by atoms with Crippen LogP contribution in [0, 0.1) is 5.92 Å². The summed E-state index contributed by atoms with van der Waals surface area (Å²) in [7, 11) is 0. The van der Waals surface area contributed by atoms with E-state index in [1.165, 1.54) is 6.07 Å². The van der Waals surface area contributed by atoms with Gasteiger partial charge in [0.25, 0.3) is 0 Å². The van der Waals surface area contributed by atoms with Crippen LogP contribution in [0.2, 0.25) is 0 Å². The van der Waals surface area contributed by atoms with Crippen molar-refractivity contribution in [1.29, 1.82) is 0 Å². The molecule has 0 aromatic heterocycles. The van der Waals surface area contributed by atoms with Gasteiger partial charge in [0.05, 0.1) is 5.56 Å².